The van der Waals surface area contributed by atoms with Crippen molar-refractivity contribution in [3.05, 3.63) is 30.3 Å². The second kappa shape index (κ2) is 5.30. The lowest BCUT2D eigenvalue weighted by Crippen LogP contribution is -2.14. The van der Waals surface area contributed by atoms with Crippen LogP contribution >= 0.6 is 0 Å². The molecule has 0 bridgehead atoms. The van der Waals surface area contributed by atoms with Gasteiger partial charge < -0.3 is 0 Å². The summed E-state index contributed by atoms with van der Waals surface area (Å²) in [4.78, 5) is 0. The van der Waals surface area contributed by atoms with E-state index >= 15 is 0 Å². The first-order valence-corrected chi connectivity index (χ1v) is 4.58. The van der Waals surface area contributed by atoms with Crippen LogP contribution in [0.4, 0.5) is 5.69 Å². The predicted octanol–water partition coefficient (Wildman–Crippen LogP) is 2.90. The molecule has 3 heteroatoms. The molecule has 1 rings (SSSR count). The number of hydrogen-bond donors (Lipinski definition) is 0. The summed E-state index contributed by atoms with van der Waals surface area (Å²) in [6, 6.07) is 10.0. The molecule has 0 atom stereocenters. The number of rotatable bonds is 4. The van der Waals surface area contributed by atoms with Crippen LogP contribution in [0.15, 0.2) is 40.7 Å². The van der Waals surface area contributed by atoms with Crippen molar-refractivity contribution in [2.24, 2.45) is 10.3 Å². The molecule has 0 radical (unpaired) electrons. The third-order valence-electron chi connectivity index (χ3n) is 1.67. The normalized spacial score (nSPS) is 10.6. The predicted molar refractivity (Wildman–Crippen MR) is 54.9 cm³/mol. The van der Waals surface area contributed by atoms with Gasteiger partial charge in [-0.1, -0.05) is 23.4 Å². The van der Waals surface area contributed by atoms with Gasteiger partial charge >= 0.3 is 0 Å². The molecule has 0 N–H and O–H groups in total. The quantitative estimate of drug-likeness (QED) is 0.513. The Morgan fingerprint density at radius 3 is 2.38 bits per heavy atom. The number of hydrogen-bond acceptors (Lipinski definition) is 2. The summed E-state index contributed by atoms with van der Waals surface area (Å²) in [6.45, 7) is 5.60. The Morgan fingerprint density at radius 1 is 1.15 bits per heavy atom. The Kier molecular flexibility index (Phi) is 3.96. The molecular weight excluding hydrogens is 162 g/mol. The van der Waals surface area contributed by atoms with E-state index in [0.29, 0.717) is 0 Å². The van der Waals surface area contributed by atoms with Crippen molar-refractivity contribution in [1.82, 2.24) is 0 Å². The molecule has 0 heterocycles. The lowest BCUT2D eigenvalue weighted by molar-refractivity contribution is 0.795. The summed E-state index contributed by atoms with van der Waals surface area (Å²) in [5.41, 5.74) is 1.09. The van der Waals surface area contributed by atoms with Gasteiger partial charge in [0.1, 0.15) is 0 Å². The van der Waals surface area contributed by atoms with Crippen molar-refractivity contribution in [1.29, 1.82) is 0 Å². The average Bonchev–Trinajstić information content (AvgIpc) is 2.21. The molecule has 3 nitrogen and oxygen atoms in total. The van der Waals surface area contributed by atoms with Crippen LogP contribution in [0.25, 0.3) is 0 Å². The molecule has 0 aliphatic carbocycles. The molecule has 1 aromatic rings. The van der Waals surface area contributed by atoms with Gasteiger partial charge in [-0.25, -0.2) is 5.01 Å². The maximum Gasteiger partial charge on any atom is 0.0610 e. The van der Waals surface area contributed by atoms with Gasteiger partial charge in [-0.05, 0) is 26.0 Å². The van der Waals surface area contributed by atoms with Crippen LogP contribution in [0.1, 0.15) is 13.8 Å². The van der Waals surface area contributed by atoms with Crippen LogP contribution in [0.3, 0.4) is 0 Å². The molecular formula is C10H15N3. The Labute approximate surface area is 79.1 Å². The number of anilines is 1. The van der Waals surface area contributed by atoms with Crippen molar-refractivity contribution in [3.63, 3.8) is 0 Å². The van der Waals surface area contributed by atoms with Gasteiger partial charge in [0.2, 0.25) is 0 Å². The molecule has 0 amide bonds. The SMILES string of the molecule is CCN=NN(CC)c1ccccc1. The van der Waals surface area contributed by atoms with Gasteiger partial charge in [0.25, 0.3) is 0 Å². The minimum absolute atomic E-state index is 0.726. The lowest BCUT2D eigenvalue weighted by Gasteiger charge is -2.14. The summed E-state index contributed by atoms with van der Waals surface area (Å²) >= 11 is 0. The highest BCUT2D eigenvalue weighted by atomic mass is 15.5. The first-order valence-electron chi connectivity index (χ1n) is 4.58. The summed E-state index contributed by atoms with van der Waals surface area (Å²) < 4.78 is 0. The average molecular weight is 177 g/mol. The fraction of sp³-hybridized carbons (Fsp3) is 0.400. The van der Waals surface area contributed by atoms with E-state index in [9.17, 15) is 0 Å². The van der Waals surface area contributed by atoms with Crippen LogP contribution in [0, 0.1) is 0 Å². The Balaban J connectivity index is 2.73. The smallest absolute Gasteiger partial charge is 0.0610 e. The fourth-order valence-electron chi connectivity index (χ4n) is 1.04. The van der Waals surface area contributed by atoms with Gasteiger partial charge in [-0.15, -0.1) is 0 Å². The molecule has 0 aliphatic rings. The Hall–Kier alpha value is -1.38. The molecule has 13 heavy (non-hydrogen) atoms. The van der Waals surface area contributed by atoms with Crippen molar-refractivity contribution >= 4 is 5.69 Å². The number of nitrogens with zero attached hydrogens (tertiary/aromatic N) is 3. The van der Waals surface area contributed by atoms with E-state index < -0.39 is 0 Å². The minimum Gasteiger partial charge on any atom is -0.248 e. The van der Waals surface area contributed by atoms with Gasteiger partial charge in [-0.3, -0.25) is 0 Å². The fourth-order valence-corrected chi connectivity index (χ4v) is 1.04. The standard InChI is InChI=1S/C10H15N3/c1-3-11-12-13(4-2)10-8-6-5-7-9-10/h5-9H,3-4H2,1-2H3. The maximum atomic E-state index is 4.09. The largest absolute Gasteiger partial charge is 0.248 e. The molecule has 0 unspecified atom stereocenters. The summed E-state index contributed by atoms with van der Waals surface area (Å²) in [6.07, 6.45) is 0. The highest BCUT2D eigenvalue weighted by Gasteiger charge is 1.99. The topological polar surface area (TPSA) is 28.0 Å². The van der Waals surface area contributed by atoms with Crippen molar-refractivity contribution in [2.45, 2.75) is 13.8 Å². The second-order valence-corrected chi connectivity index (χ2v) is 2.60. The summed E-state index contributed by atoms with van der Waals surface area (Å²) in [5, 5.41) is 9.94. The van der Waals surface area contributed by atoms with Crippen molar-refractivity contribution < 1.29 is 0 Å². The summed E-state index contributed by atoms with van der Waals surface area (Å²) in [7, 11) is 0. The third-order valence-corrected chi connectivity index (χ3v) is 1.67. The van der Waals surface area contributed by atoms with Crippen LogP contribution in [-0.2, 0) is 0 Å². The zero-order valence-electron chi connectivity index (χ0n) is 8.14. The van der Waals surface area contributed by atoms with Crippen LogP contribution in [0.5, 0.6) is 0 Å². The zero-order valence-corrected chi connectivity index (χ0v) is 8.14. The second-order valence-electron chi connectivity index (χ2n) is 2.60. The molecule has 0 spiro atoms. The van der Waals surface area contributed by atoms with Gasteiger partial charge in [0, 0.05) is 6.54 Å². The van der Waals surface area contributed by atoms with E-state index in [0.717, 1.165) is 18.8 Å². The van der Waals surface area contributed by atoms with E-state index in [1.165, 1.54) is 0 Å². The molecule has 0 fully saturated rings. The number of benzene rings is 1. The molecule has 0 saturated carbocycles. The van der Waals surface area contributed by atoms with Gasteiger partial charge in [0.15, 0.2) is 0 Å². The van der Waals surface area contributed by atoms with Crippen LogP contribution in [0.2, 0.25) is 0 Å². The first kappa shape index (κ1) is 9.71. The van der Waals surface area contributed by atoms with Crippen molar-refractivity contribution in [2.75, 3.05) is 18.1 Å². The molecule has 0 saturated heterocycles. The van der Waals surface area contributed by atoms with Gasteiger partial charge in [0.05, 0.1) is 12.2 Å². The Bertz CT molecular complexity index is 256. The van der Waals surface area contributed by atoms with Crippen molar-refractivity contribution in [3.8, 4) is 0 Å². The van der Waals surface area contributed by atoms with E-state index in [2.05, 4.69) is 17.3 Å². The highest BCUT2D eigenvalue weighted by molar-refractivity contribution is 5.44. The third kappa shape index (κ3) is 2.86. The van der Waals surface area contributed by atoms with E-state index in [1.807, 2.05) is 42.3 Å². The van der Waals surface area contributed by atoms with Gasteiger partial charge in [-0.2, -0.15) is 5.11 Å². The van der Waals surface area contributed by atoms with Crippen LogP contribution in [-0.4, -0.2) is 13.1 Å². The van der Waals surface area contributed by atoms with E-state index in [-0.39, 0.29) is 0 Å². The number of para-hydroxylation sites is 1. The molecule has 0 aromatic heterocycles. The highest BCUT2D eigenvalue weighted by Crippen LogP contribution is 2.12. The monoisotopic (exact) mass is 177 g/mol. The molecule has 0 aliphatic heterocycles. The van der Waals surface area contributed by atoms with Crippen LogP contribution < -0.4 is 5.01 Å². The zero-order chi connectivity index (χ0) is 9.52. The first-order chi connectivity index (χ1) is 6.38. The molecule has 70 valence electrons. The summed E-state index contributed by atoms with van der Waals surface area (Å²) in [5.74, 6) is 0. The van der Waals surface area contributed by atoms with E-state index in [1.54, 1.807) is 0 Å². The minimum atomic E-state index is 0.726. The lowest BCUT2D eigenvalue weighted by atomic mass is 10.3. The Morgan fingerprint density at radius 2 is 1.85 bits per heavy atom. The molecule has 1 aromatic carbocycles. The van der Waals surface area contributed by atoms with E-state index in [4.69, 9.17) is 0 Å². The maximum absolute atomic E-state index is 4.09.